The highest BCUT2D eigenvalue weighted by molar-refractivity contribution is 7.86. The zero-order chi connectivity index (χ0) is 19.6. The summed E-state index contributed by atoms with van der Waals surface area (Å²) in [5.74, 6) is -0.354. The third-order valence-corrected chi connectivity index (χ3v) is 6.94. The van der Waals surface area contributed by atoms with Crippen LogP contribution in [0.4, 0.5) is 5.69 Å². The van der Waals surface area contributed by atoms with Gasteiger partial charge < -0.3 is 5.32 Å². The number of nitrogens with one attached hydrogen (secondary N) is 1. The molecule has 0 saturated heterocycles. The molecule has 144 valence electrons. The lowest BCUT2D eigenvalue weighted by molar-refractivity contribution is -0.116. The largest absolute Gasteiger partial charge is 0.325 e. The van der Waals surface area contributed by atoms with Gasteiger partial charge in [-0.05, 0) is 48.6 Å². The fourth-order valence-corrected chi connectivity index (χ4v) is 4.52. The molecule has 0 spiro atoms. The van der Waals surface area contributed by atoms with Gasteiger partial charge in [0.15, 0.2) is 0 Å². The summed E-state index contributed by atoms with van der Waals surface area (Å²) in [6.45, 7) is 4.42. The molecule has 0 radical (unpaired) electrons. The molecule has 0 aromatic heterocycles. The highest BCUT2D eigenvalue weighted by Crippen LogP contribution is 2.22. The van der Waals surface area contributed by atoms with Crippen molar-refractivity contribution in [3.8, 4) is 0 Å². The molecule has 0 unspecified atom stereocenters. The average molecular weight is 388 g/mol. The molecule has 6 nitrogen and oxygen atoms in total. The molecule has 1 N–H and O–H groups in total. The lowest BCUT2D eigenvalue weighted by Gasteiger charge is -2.31. The number of amides is 1. The molecule has 1 heterocycles. The molecular formula is C20H25N3O3S. The molecule has 0 saturated carbocycles. The van der Waals surface area contributed by atoms with E-state index in [1.807, 2.05) is 56.3 Å². The Morgan fingerprint density at radius 3 is 2.56 bits per heavy atom. The van der Waals surface area contributed by atoms with E-state index in [2.05, 4.69) is 5.32 Å². The number of hydrogen-bond acceptors (Lipinski definition) is 3. The summed E-state index contributed by atoms with van der Waals surface area (Å²) in [5.41, 5.74) is 4.95. The van der Waals surface area contributed by atoms with Gasteiger partial charge in [0.25, 0.3) is 10.2 Å². The Balaban J connectivity index is 1.67. The van der Waals surface area contributed by atoms with Gasteiger partial charge in [0.2, 0.25) is 5.91 Å². The SMILES string of the molecule is Cc1cccc(NC(=O)CN(C)S(=O)(=O)N2CCc3ccccc3C2)c1C. The number of carbonyl (C=O) groups excluding carboxylic acids is 1. The van der Waals surface area contributed by atoms with Crippen LogP contribution in [0.3, 0.4) is 0 Å². The number of carbonyl (C=O) groups is 1. The van der Waals surface area contributed by atoms with Crippen molar-refractivity contribution in [2.24, 2.45) is 0 Å². The lowest BCUT2D eigenvalue weighted by Crippen LogP contribution is -2.46. The van der Waals surface area contributed by atoms with Crippen LogP contribution in [0.5, 0.6) is 0 Å². The minimum absolute atomic E-state index is 0.228. The smallest absolute Gasteiger partial charge is 0.282 e. The van der Waals surface area contributed by atoms with E-state index in [0.717, 1.165) is 21.0 Å². The quantitative estimate of drug-likeness (QED) is 0.857. The summed E-state index contributed by atoms with van der Waals surface area (Å²) in [5, 5.41) is 2.81. The second-order valence-electron chi connectivity index (χ2n) is 6.91. The van der Waals surface area contributed by atoms with Crippen LogP contribution in [-0.4, -0.2) is 43.1 Å². The Morgan fingerprint density at radius 1 is 1.11 bits per heavy atom. The monoisotopic (exact) mass is 387 g/mol. The van der Waals surface area contributed by atoms with Crippen molar-refractivity contribution < 1.29 is 13.2 Å². The molecule has 1 aliphatic rings. The molecule has 7 heteroatoms. The maximum absolute atomic E-state index is 12.9. The van der Waals surface area contributed by atoms with Crippen molar-refractivity contribution in [3.63, 3.8) is 0 Å². The number of anilines is 1. The summed E-state index contributed by atoms with van der Waals surface area (Å²) in [4.78, 5) is 12.4. The van der Waals surface area contributed by atoms with Gasteiger partial charge in [0, 0.05) is 25.8 Å². The highest BCUT2D eigenvalue weighted by Gasteiger charge is 2.31. The van der Waals surface area contributed by atoms with Gasteiger partial charge in [-0.15, -0.1) is 0 Å². The highest BCUT2D eigenvalue weighted by atomic mass is 32.2. The summed E-state index contributed by atoms with van der Waals surface area (Å²) < 4.78 is 28.3. The topological polar surface area (TPSA) is 69.7 Å². The minimum atomic E-state index is -3.70. The number of likely N-dealkylation sites (N-methyl/N-ethyl adjacent to an activating group) is 1. The normalized spacial score (nSPS) is 14.8. The number of hydrogen-bond donors (Lipinski definition) is 1. The van der Waals surface area contributed by atoms with Crippen molar-refractivity contribution in [2.45, 2.75) is 26.8 Å². The Bertz CT molecular complexity index is 957. The van der Waals surface area contributed by atoms with E-state index < -0.39 is 10.2 Å². The zero-order valence-electron chi connectivity index (χ0n) is 15.9. The van der Waals surface area contributed by atoms with Gasteiger partial charge in [-0.3, -0.25) is 4.79 Å². The Kier molecular flexibility index (Phi) is 5.64. The molecule has 2 aromatic carbocycles. The van der Waals surface area contributed by atoms with Crippen molar-refractivity contribution in [3.05, 3.63) is 64.7 Å². The maximum atomic E-state index is 12.9. The molecular weight excluding hydrogens is 362 g/mol. The Morgan fingerprint density at radius 2 is 1.81 bits per heavy atom. The molecule has 3 rings (SSSR count). The lowest BCUT2D eigenvalue weighted by atomic mass is 10.0. The number of aryl methyl sites for hydroxylation is 1. The van der Waals surface area contributed by atoms with Crippen LogP contribution in [-0.2, 0) is 28.0 Å². The second kappa shape index (κ2) is 7.80. The van der Waals surface area contributed by atoms with Crippen LogP contribution >= 0.6 is 0 Å². The number of benzene rings is 2. The molecule has 1 amide bonds. The van der Waals surface area contributed by atoms with E-state index in [1.165, 1.54) is 16.9 Å². The third-order valence-electron chi connectivity index (χ3n) is 5.06. The number of nitrogens with zero attached hydrogens (tertiary/aromatic N) is 2. The Hall–Kier alpha value is -2.22. The molecule has 0 atom stereocenters. The van der Waals surface area contributed by atoms with Crippen molar-refractivity contribution >= 4 is 21.8 Å². The zero-order valence-corrected chi connectivity index (χ0v) is 16.7. The van der Waals surface area contributed by atoms with E-state index in [9.17, 15) is 13.2 Å². The van der Waals surface area contributed by atoms with Crippen LogP contribution in [0, 0.1) is 13.8 Å². The number of rotatable bonds is 5. The van der Waals surface area contributed by atoms with Gasteiger partial charge in [-0.25, -0.2) is 0 Å². The van der Waals surface area contributed by atoms with Crippen LogP contribution in [0.1, 0.15) is 22.3 Å². The van der Waals surface area contributed by atoms with Gasteiger partial charge >= 0.3 is 0 Å². The van der Waals surface area contributed by atoms with E-state index in [-0.39, 0.29) is 12.5 Å². The van der Waals surface area contributed by atoms with Crippen LogP contribution in [0.2, 0.25) is 0 Å². The molecule has 27 heavy (non-hydrogen) atoms. The predicted molar refractivity (Wildman–Crippen MR) is 107 cm³/mol. The summed E-state index contributed by atoms with van der Waals surface area (Å²) in [6, 6.07) is 13.5. The Labute approximate surface area is 161 Å². The molecule has 0 aliphatic carbocycles. The fourth-order valence-electron chi connectivity index (χ4n) is 3.22. The summed E-state index contributed by atoms with van der Waals surface area (Å²) in [7, 11) is -2.26. The van der Waals surface area contributed by atoms with E-state index in [4.69, 9.17) is 0 Å². The van der Waals surface area contributed by atoms with Gasteiger partial charge in [0.1, 0.15) is 0 Å². The van der Waals surface area contributed by atoms with Crippen molar-refractivity contribution in [1.82, 2.24) is 8.61 Å². The first-order valence-corrected chi connectivity index (χ1v) is 10.3. The first-order chi connectivity index (χ1) is 12.8. The minimum Gasteiger partial charge on any atom is -0.325 e. The standard InChI is InChI=1S/C20H25N3O3S/c1-15-7-6-10-19(16(15)2)21-20(24)14-22(3)27(25,26)23-12-11-17-8-4-5-9-18(17)13-23/h4-10H,11-14H2,1-3H3,(H,21,24). The van der Waals surface area contributed by atoms with Crippen molar-refractivity contribution in [1.29, 1.82) is 0 Å². The summed E-state index contributed by atoms with van der Waals surface area (Å²) >= 11 is 0. The summed E-state index contributed by atoms with van der Waals surface area (Å²) in [6.07, 6.45) is 0.678. The van der Waals surface area contributed by atoms with E-state index in [1.54, 1.807) is 0 Å². The van der Waals surface area contributed by atoms with E-state index >= 15 is 0 Å². The molecule has 1 aliphatic heterocycles. The maximum Gasteiger partial charge on any atom is 0.282 e. The number of fused-ring (bicyclic) bond motifs is 1. The molecule has 2 aromatic rings. The van der Waals surface area contributed by atoms with Crippen LogP contribution in [0.15, 0.2) is 42.5 Å². The first-order valence-electron chi connectivity index (χ1n) is 8.93. The second-order valence-corrected chi connectivity index (χ2v) is 8.95. The van der Waals surface area contributed by atoms with Gasteiger partial charge in [-0.2, -0.15) is 17.0 Å². The van der Waals surface area contributed by atoms with Gasteiger partial charge in [-0.1, -0.05) is 36.4 Å². The molecule has 0 bridgehead atoms. The first kappa shape index (κ1) is 19.5. The van der Waals surface area contributed by atoms with E-state index in [0.29, 0.717) is 25.2 Å². The third kappa shape index (κ3) is 4.21. The van der Waals surface area contributed by atoms with Crippen molar-refractivity contribution in [2.75, 3.05) is 25.5 Å². The van der Waals surface area contributed by atoms with Gasteiger partial charge in [0.05, 0.1) is 6.54 Å². The van der Waals surface area contributed by atoms with Crippen LogP contribution < -0.4 is 5.32 Å². The fraction of sp³-hybridized carbons (Fsp3) is 0.350. The predicted octanol–water partition coefficient (Wildman–Crippen LogP) is 2.48. The average Bonchev–Trinajstić information content (AvgIpc) is 2.65. The van der Waals surface area contributed by atoms with Crippen LogP contribution in [0.25, 0.3) is 0 Å². The molecule has 0 fully saturated rings.